The highest BCUT2D eigenvalue weighted by molar-refractivity contribution is 5.94. The van der Waals surface area contributed by atoms with E-state index in [2.05, 4.69) is 0 Å². The standard InChI is InChI=1S/C18H19NO6/c1-11-8-19(9-12(2)24-11)16(20)10-23-17(21)14-7-13-5-3-4-6-15(13)25-18(14)22/h3-7,11-12H,8-10H2,1-2H3/t11-,12-/m0/s1. The molecule has 1 aliphatic heterocycles. The third kappa shape index (κ3) is 3.88. The number of fused-ring (bicyclic) bond motifs is 1. The fourth-order valence-electron chi connectivity index (χ4n) is 2.88. The Balaban J connectivity index is 1.67. The van der Waals surface area contributed by atoms with Gasteiger partial charge in [-0.1, -0.05) is 18.2 Å². The van der Waals surface area contributed by atoms with Gasteiger partial charge >= 0.3 is 11.6 Å². The van der Waals surface area contributed by atoms with Crippen LogP contribution in [0.2, 0.25) is 0 Å². The molecule has 1 saturated heterocycles. The van der Waals surface area contributed by atoms with E-state index >= 15 is 0 Å². The van der Waals surface area contributed by atoms with Gasteiger partial charge < -0.3 is 18.8 Å². The van der Waals surface area contributed by atoms with E-state index in [0.29, 0.717) is 24.1 Å². The number of carbonyl (C=O) groups excluding carboxylic acids is 2. The first-order valence-corrected chi connectivity index (χ1v) is 8.07. The lowest BCUT2D eigenvalue weighted by molar-refractivity contribution is -0.146. The maximum absolute atomic E-state index is 12.2. The number of morpholine rings is 1. The van der Waals surface area contributed by atoms with Crippen molar-refractivity contribution in [3.8, 4) is 0 Å². The maximum atomic E-state index is 12.2. The zero-order valence-electron chi connectivity index (χ0n) is 14.1. The van der Waals surface area contributed by atoms with Gasteiger partial charge in [-0.25, -0.2) is 9.59 Å². The summed E-state index contributed by atoms with van der Waals surface area (Å²) in [5.41, 5.74) is -0.628. The van der Waals surface area contributed by atoms with Gasteiger partial charge in [0.1, 0.15) is 11.1 Å². The van der Waals surface area contributed by atoms with Crippen LogP contribution in [-0.2, 0) is 14.3 Å². The average Bonchev–Trinajstić information content (AvgIpc) is 2.57. The lowest BCUT2D eigenvalue weighted by Gasteiger charge is -2.35. The molecule has 0 unspecified atom stereocenters. The monoisotopic (exact) mass is 345 g/mol. The summed E-state index contributed by atoms with van der Waals surface area (Å²) in [5, 5.41) is 0.608. The van der Waals surface area contributed by atoms with Gasteiger partial charge in [0, 0.05) is 18.5 Å². The first-order valence-electron chi connectivity index (χ1n) is 8.07. The molecule has 1 aliphatic rings. The van der Waals surface area contributed by atoms with E-state index in [1.165, 1.54) is 6.07 Å². The van der Waals surface area contributed by atoms with Crippen LogP contribution in [0.4, 0.5) is 0 Å². The molecule has 2 heterocycles. The van der Waals surface area contributed by atoms with Crippen LogP contribution in [0.3, 0.4) is 0 Å². The molecule has 0 aliphatic carbocycles. The minimum Gasteiger partial charge on any atom is -0.452 e. The number of hydrogen-bond donors (Lipinski definition) is 0. The van der Waals surface area contributed by atoms with Crippen molar-refractivity contribution in [2.75, 3.05) is 19.7 Å². The van der Waals surface area contributed by atoms with Crippen molar-refractivity contribution >= 4 is 22.8 Å². The molecular weight excluding hydrogens is 326 g/mol. The second-order valence-corrected chi connectivity index (χ2v) is 6.12. The van der Waals surface area contributed by atoms with Crippen molar-refractivity contribution < 1.29 is 23.5 Å². The Morgan fingerprint density at radius 2 is 1.88 bits per heavy atom. The molecule has 3 rings (SSSR count). The molecule has 0 bridgehead atoms. The van der Waals surface area contributed by atoms with Gasteiger partial charge in [-0.15, -0.1) is 0 Å². The number of rotatable bonds is 3. The first kappa shape index (κ1) is 17.2. The van der Waals surface area contributed by atoms with Crippen LogP contribution < -0.4 is 5.63 Å². The molecule has 0 spiro atoms. The first-order chi connectivity index (χ1) is 11.9. The highest BCUT2D eigenvalue weighted by Gasteiger charge is 2.27. The Labute approximate surface area is 144 Å². The zero-order valence-corrected chi connectivity index (χ0v) is 14.1. The second kappa shape index (κ2) is 7.06. The summed E-state index contributed by atoms with van der Waals surface area (Å²) in [7, 11) is 0. The topological polar surface area (TPSA) is 86.0 Å². The number of amides is 1. The SMILES string of the molecule is C[C@H]1CN(C(=O)COC(=O)c2cc3ccccc3oc2=O)C[C@H](C)O1. The van der Waals surface area contributed by atoms with Crippen LogP contribution in [0.25, 0.3) is 11.0 Å². The molecule has 0 radical (unpaired) electrons. The summed E-state index contributed by atoms with van der Waals surface area (Å²) in [6, 6.07) is 8.26. The predicted molar refractivity (Wildman–Crippen MR) is 89.4 cm³/mol. The van der Waals surface area contributed by atoms with Crippen LogP contribution >= 0.6 is 0 Å². The van der Waals surface area contributed by atoms with E-state index in [9.17, 15) is 14.4 Å². The van der Waals surface area contributed by atoms with E-state index in [0.717, 1.165) is 0 Å². The number of carbonyl (C=O) groups is 2. The lowest BCUT2D eigenvalue weighted by Crippen LogP contribution is -2.49. The van der Waals surface area contributed by atoms with Gasteiger partial charge in [-0.3, -0.25) is 4.79 Å². The minimum atomic E-state index is -0.873. The summed E-state index contributed by atoms with van der Waals surface area (Å²) in [6.45, 7) is 4.21. The highest BCUT2D eigenvalue weighted by Crippen LogP contribution is 2.14. The van der Waals surface area contributed by atoms with Crippen molar-refractivity contribution in [2.45, 2.75) is 26.1 Å². The molecule has 2 atom stereocenters. The van der Waals surface area contributed by atoms with Crippen LogP contribution in [0, 0.1) is 0 Å². The molecule has 7 heteroatoms. The fraction of sp³-hybridized carbons (Fsp3) is 0.389. The van der Waals surface area contributed by atoms with Gasteiger partial charge in [-0.2, -0.15) is 0 Å². The Bertz CT molecular complexity index is 848. The van der Waals surface area contributed by atoms with E-state index in [4.69, 9.17) is 13.9 Å². The molecule has 0 N–H and O–H groups in total. The fourth-order valence-corrected chi connectivity index (χ4v) is 2.88. The molecule has 1 amide bonds. The van der Waals surface area contributed by atoms with Crippen LogP contribution in [0.1, 0.15) is 24.2 Å². The number of ether oxygens (including phenoxy) is 2. The molecule has 7 nitrogen and oxygen atoms in total. The molecular formula is C18H19NO6. The Hall–Kier alpha value is -2.67. The maximum Gasteiger partial charge on any atom is 0.351 e. The summed E-state index contributed by atoms with van der Waals surface area (Å²) in [5.74, 6) is -1.19. The van der Waals surface area contributed by atoms with Crippen molar-refractivity contribution in [1.29, 1.82) is 0 Å². The van der Waals surface area contributed by atoms with Crippen LogP contribution in [0.15, 0.2) is 39.5 Å². The number of esters is 1. The average molecular weight is 345 g/mol. The quantitative estimate of drug-likeness (QED) is 0.620. The van der Waals surface area contributed by atoms with Gasteiger partial charge in [-0.05, 0) is 26.0 Å². The summed E-state index contributed by atoms with van der Waals surface area (Å²) in [6.07, 6.45) is -0.146. The van der Waals surface area contributed by atoms with Gasteiger partial charge in [0.2, 0.25) is 0 Å². The third-order valence-electron chi connectivity index (χ3n) is 3.96. The van der Waals surface area contributed by atoms with E-state index in [1.807, 2.05) is 13.8 Å². The zero-order chi connectivity index (χ0) is 18.0. The van der Waals surface area contributed by atoms with Gasteiger partial charge in [0.15, 0.2) is 6.61 Å². The molecule has 1 aromatic heterocycles. The Kier molecular flexibility index (Phi) is 4.85. The highest BCUT2D eigenvalue weighted by atomic mass is 16.5. The van der Waals surface area contributed by atoms with E-state index < -0.39 is 18.2 Å². The van der Waals surface area contributed by atoms with Crippen molar-refractivity contribution in [3.63, 3.8) is 0 Å². The van der Waals surface area contributed by atoms with E-state index in [-0.39, 0.29) is 23.7 Å². The number of nitrogens with zero attached hydrogens (tertiary/aromatic N) is 1. The van der Waals surface area contributed by atoms with Gasteiger partial charge in [0.25, 0.3) is 5.91 Å². The summed E-state index contributed by atoms with van der Waals surface area (Å²) in [4.78, 5) is 37.9. The Morgan fingerprint density at radius 3 is 2.60 bits per heavy atom. The summed E-state index contributed by atoms with van der Waals surface area (Å²) < 4.78 is 15.7. The Morgan fingerprint density at radius 1 is 1.20 bits per heavy atom. The predicted octanol–water partition coefficient (Wildman–Crippen LogP) is 1.59. The molecule has 1 aromatic carbocycles. The van der Waals surface area contributed by atoms with Crippen molar-refractivity contribution in [3.05, 3.63) is 46.3 Å². The molecule has 132 valence electrons. The summed E-state index contributed by atoms with van der Waals surface area (Å²) >= 11 is 0. The van der Waals surface area contributed by atoms with E-state index in [1.54, 1.807) is 29.2 Å². The second-order valence-electron chi connectivity index (χ2n) is 6.12. The van der Waals surface area contributed by atoms with Crippen molar-refractivity contribution in [1.82, 2.24) is 4.90 Å². The normalized spacial score (nSPS) is 20.5. The molecule has 1 fully saturated rings. The smallest absolute Gasteiger partial charge is 0.351 e. The lowest BCUT2D eigenvalue weighted by atomic mass is 10.2. The van der Waals surface area contributed by atoms with Crippen LogP contribution in [0.5, 0.6) is 0 Å². The van der Waals surface area contributed by atoms with Crippen molar-refractivity contribution in [2.24, 2.45) is 0 Å². The van der Waals surface area contributed by atoms with Crippen LogP contribution in [-0.4, -0.2) is 48.7 Å². The molecule has 25 heavy (non-hydrogen) atoms. The number of benzene rings is 1. The third-order valence-corrected chi connectivity index (χ3v) is 3.96. The molecule has 0 saturated carbocycles. The number of para-hydroxylation sites is 1. The van der Waals surface area contributed by atoms with Gasteiger partial charge in [0.05, 0.1) is 12.2 Å². The number of hydrogen-bond acceptors (Lipinski definition) is 6. The minimum absolute atomic E-state index is 0.0732. The largest absolute Gasteiger partial charge is 0.452 e. The molecule has 2 aromatic rings.